The van der Waals surface area contributed by atoms with Crippen LogP contribution in [0.25, 0.3) is 10.9 Å². The van der Waals surface area contributed by atoms with Crippen molar-refractivity contribution in [1.82, 2.24) is 9.88 Å². The fraction of sp³-hybridized carbons (Fsp3) is 0.292. The molecule has 0 aliphatic carbocycles. The van der Waals surface area contributed by atoms with E-state index in [2.05, 4.69) is 15.5 Å². The standard InChI is InChI=1S/C24H25ClN4O4/c1-2-29-20-8-7-18(13-19(20)21(14-23(29)31)28-9-11-33-12-10-28)27-24(32)26-15-22(30)16-3-5-17(25)6-4-16/h3-8,13-14H,2,9-12,15H2,1H3,(H2,26,27,32). The van der Waals surface area contributed by atoms with E-state index in [4.69, 9.17) is 16.3 Å². The number of ketones is 1. The molecule has 0 atom stereocenters. The van der Waals surface area contributed by atoms with E-state index in [0.717, 1.165) is 16.6 Å². The summed E-state index contributed by atoms with van der Waals surface area (Å²) in [5.74, 6) is -0.220. The molecule has 8 nitrogen and oxygen atoms in total. The molecule has 1 saturated heterocycles. The van der Waals surface area contributed by atoms with Gasteiger partial charge in [0.1, 0.15) is 0 Å². The number of nitrogens with one attached hydrogen (secondary N) is 2. The lowest BCUT2D eigenvalue weighted by atomic mass is 10.1. The number of Topliss-reactive ketones (excluding diaryl/α,β-unsaturated/α-hetero) is 1. The van der Waals surface area contributed by atoms with Gasteiger partial charge in [0.15, 0.2) is 5.78 Å². The lowest BCUT2D eigenvalue weighted by Crippen LogP contribution is -2.37. The van der Waals surface area contributed by atoms with Crippen LogP contribution in [-0.4, -0.2) is 49.2 Å². The average molecular weight is 469 g/mol. The number of aromatic nitrogens is 1. The summed E-state index contributed by atoms with van der Waals surface area (Å²) in [6.45, 7) is 4.90. The van der Waals surface area contributed by atoms with Gasteiger partial charge in [-0.25, -0.2) is 4.79 Å². The highest BCUT2D eigenvalue weighted by atomic mass is 35.5. The summed E-state index contributed by atoms with van der Waals surface area (Å²) in [6, 6.07) is 13.1. The molecule has 1 aliphatic rings. The topological polar surface area (TPSA) is 92.7 Å². The van der Waals surface area contributed by atoms with Gasteiger partial charge in [-0.1, -0.05) is 11.6 Å². The zero-order valence-electron chi connectivity index (χ0n) is 18.3. The van der Waals surface area contributed by atoms with Gasteiger partial charge in [-0.2, -0.15) is 0 Å². The Morgan fingerprint density at radius 3 is 2.48 bits per heavy atom. The van der Waals surface area contributed by atoms with Gasteiger partial charge in [-0.15, -0.1) is 0 Å². The molecule has 0 saturated carbocycles. The van der Waals surface area contributed by atoms with Gasteiger partial charge in [-0.3, -0.25) is 9.59 Å². The lowest BCUT2D eigenvalue weighted by molar-refractivity contribution is 0.0993. The van der Waals surface area contributed by atoms with E-state index in [-0.39, 0.29) is 17.9 Å². The highest BCUT2D eigenvalue weighted by Gasteiger charge is 2.17. The molecular weight excluding hydrogens is 444 g/mol. The van der Waals surface area contributed by atoms with E-state index in [1.807, 2.05) is 19.1 Å². The molecule has 0 bridgehead atoms. The number of amides is 2. The number of rotatable bonds is 6. The highest BCUT2D eigenvalue weighted by molar-refractivity contribution is 6.30. The van der Waals surface area contributed by atoms with Crippen molar-refractivity contribution in [3.8, 4) is 0 Å². The number of hydrogen-bond acceptors (Lipinski definition) is 5. The highest BCUT2D eigenvalue weighted by Crippen LogP contribution is 2.28. The zero-order valence-corrected chi connectivity index (χ0v) is 19.0. The van der Waals surface area contributed by atoms with Crippen LogP contribution in [0.4, 0.5) is 16.2 Å². The molecule has 2 aromatic carbocycles. The zero-order chi connectivity index (χ0) is 23.4. The van der Waals surface area contributed by atoms with Crippen molar-refractivity contribution >= 4 is 45.7 Å². The first kappa shape index (κ1) is 22.8. The van der Waals surface area contributed by atoms with E-state index >= 15 is 0 Å². The number of carbonyl (C=O) groups excluding carboxylic acids is 2. The summed E-state index contributed by atoms with van der Waals surface area (Å²) in [7, 11) is 0. The van der Waals surface area contributed by atoms with Gasteiger partial charge in [-0.05, 0) is 49.4 Å². The average Bonchev–Trinajstić information content (AvgIpc) is 2.83. The molecule has 4 rings (SSSR count). The maximum absolute atomic E-state index is 12.7. The third kappa shape index (κ3) is 5.18. The Morgan fingerprint density at radius 2 is 1.79 bits per heavy atom. The smallest absolute Gasteiger partial charge is 0.319 e. The van der Waals surface area contributed by atoms with Crippen LogP contribution in [0.1, 0.15) is 17.3 Å². The van der Waals surface area contributed by atoms with E-state index in [0.29, 0.717) is 49.1 Å². The number of aryl methyl sites for hydroxylation is 1. The monoisotopic (exact) mass is 468 g/mol. The number of fused-ring (bicyclic) bond motifs is 1. The summed E-state index contributed by atoms with van der Waals surface area (Å²) in [6.07, 6.45) is 0. The Labute approximate surface area is 196 Å². The Bertz CT molecular complexity index is 1230. The molecule has 0 unspecified atom stereocenters. The Morgan fingerprint density at radius 1 is 1.06 bits per heavy atom. The first-order chi connectivity index (χ1) is 16.0. The van der Waals surface area contributed by atoms with Gasteiger partial charge in [0, 0.05) is 47.4 Å². The molecule has 172 valence electrons. The first-order valence-electron chi connectivity index (χ1n) is 10.8. The summed E-state index contributed by atoms with van der Waals surface area (Å²) < 4.78 is 7.15. The van der Waals surface area contributed by atoms with Crippen LogP contribution in [0.2, 0.25) is 5.02 Å². The number of carbonyl (C=O) groups is 2. The van der Waals surface area contributed by atoms with Gasteiger partial charge < -0.3 is 24.8 Å². The Balaban J connectivity index is 1.53. The Hall–Kier alpha value is -3.36. The summed E-state index contributed by atoms with van der Waals surface area (Å²) in [5.41, 5.74) is 2.60. The van der Waals surface area contributed by atoms with E-state index in [9.17, 15) is 14.4 Å². The predicted octanol–water partition coefficient (Wildman–Crippen LogP) is 3.52. The molecule has 9 heteroatoms. The van der Waals surface area contributed by atoms with Crippen molar-refractivity contribution < 1.29 is 14.3 Å². The van der Waals surface area contributed by atoms with Crippen LogP contribution < -0.4 is 21.1 Å². The summed E-state index contributed by atoms with van der Waals surface area (Å²) in [4.78, 5) is 39.5. The lowest BCUT2D eigenvalue weighted by Gasteiger charge is -2.30. The largest absolute Gasteiger partial charge is 0.378 e. The molecule has 1 fully saturated rings. The third-order valence-electron chi connectivity index (χ3n) is 5.59. The van der Waals surface area contributed by atoms with Gasteiger partial charge in [0.25, 0.3) is 5.56 Å². The number of morpholine rings is 1. The van der Waals surface area contributed by atoms with Crippen LogP contribution in [-0.2, 0) is 11.3 Å². The second kappa shape index (κ2) is 10.1. The van der Waals surface area contributed by atoms with Gasteiger partial charge in [0.05, 0.1) is 31.0 Å². The number of pyridine rings is 1. The predicted molar refractivity (Wildman–Crippen MR) is 130 cm³/mol. The van der Waals surface area contributed by atoms with Crippen molar-refractivity contribution in [3.05, 3.63) is 69.5 Å². The van der Waals surface area contributed by atoms with E-state index in [1.165, 1.54) is 0 Å². The van der Waals surface area contributed by atoms with Gasteiger partial charge >= 0.3 is 6.03 Å². The van der Waals surface area contributed by atoms with Crippen molar-refractivity contribution in [1.29, 1.82) is 0 Å². The van der Waals surface area contributed by atoms with Crippen LogP contribution in [0, 0.1) is 0 Å². The second-order valence-electron chi connectivity index (χ2n) is 7.68. The minimum atomic E-state index is -0.492. The van der Waals surface area contributed by atoms with Crippen molar-refractivity contribution in [2.75, 3.05) is 43.1 Å². The molecular formula is C24H25ClN4O4. The van der Waals surface area contributed by atoms with Crippen LogP contribution in [0.5, 0.6) is 0 Å². The molecule has 1 aromatic heterocycles. The van der Waals surface area contributed by atoms with Crippen LogP contribution in [0.3, 0.4) is 0 Å². The number of urea groups is 1. The molecule has 2 N–H and O–H groups in total. The first-order valence-corrected chi connectivity index (χ1v) is 11.2. The quantitative estimate of drug-likeness (QED) is 0.540. The maximum atomic E-state index is 12.7. The van der Waals surface area contributed by atoms with Crippen molar-refractivity contribution in [2.24, 2.45) is 0 Å². The molecule has 1 aliphatic heterocycles. The molecule has 0 radical (unpaired) electrons. The number of hydrogen-bond donors (Lipinski definition) is 2. The SMILES string of the molecule is CCn1c(=O)cc(N2CCOCC2)c2cc(NC(=O)NCC(=O)c3ccc(Cl)cc3)ccc21. The number of nitrogens with zero attached hydrogens (tertiary/aromatic N) is 2. The van der Waals surface area contributed by atoms with E-state index < -0.39 is 6.03 Å². The molecule has 2 heterocycles. The fourth-order valence-corrected chi connectivity index (χ4v) is 4.04. The Kier molecular flexibility index (Phi) is 6.96. The number of benzene rings is 2. The van der Waals surface area contributed by atoms with Crippen LogP contribution >= 0.6 is 11.6 Å². The van der Waals surface area contributed by atoms with E-state index in [1.54, 1.807) is 41.0 Å². The third-order valence-corrected chi connectivity index (χ3v) is 5.84. The van der Waals surface area contributed by atoms with Gasteiger partial charge in [0.2, 0.25) is 0 Å². The fourth-order valence-electron chi connectivity index (χ4n) is 3.91. The second-order valence-corrected chi connectivity index (χ2v) is 8.12. The summed E-state index contributed by atoms with van der Waals surface area (Å²) >= 11 is 5.84. The maximum Gasteiger partial charge on any atom is 0.319 e. The number of ether oxygens (including phenoxy) is 1. The molecule has 0 spiro atoms. The van der Waals surface area contributed by atoms with Crippen LogP contribution in [0.15, 0.2) is 53.3 Å². The molecule has 33 heavy (non-hydrogen) atoms. The number of anilines is 2. The minimum absolute atomic E-state index is 0.0642. The molecule has 3 aromatic rings. The van der Waals surface area contributed by atoms with Crippen molar-refractivity contribution in [2.45, 2.75) is 13.5 Å². The normalized spacial score (nSPS) is 13.7. The minimum Gasteiger partial charge on any atom is -0.378 e. The number of halogens is 1. The van der Waals surface area contributed by atoms with Crippen molar-refractivity contribution in [3.63, 3.8) is 0 Å². The molecule has 2 amide bonds. The summed E-state index contributed by atoms with van der Waals surface area (Å²) in [5, 5.41) is 6.77.